The maximum Gasteiger partial charge on any atom is 0.339 e. The predicted octanol–water partition coefficient (Wildman–Crippen LogP) is 1.77. The van der Waals surface area contributed by atoms with Gasteiger partial charge in [-0.3, -0.25) is 0 Å². The molecule has 1 aromatic carbocycles. The van der Waals surface area contributed by atoms with Crippen LogP contribution in [0.2, 0.25) is 5.02 Å². The summed E-state index contributed by atoms with van der Waals surface area (Å²) in [6.07, 6.45) is -1.33. The van der Waals surface area contributed by atoms with Gasteiger partial charge in [0, 0.05) is 29.4 Å². The van der Waals surface area contributed by atoms with Gasteiger partial charge in [0.2, 0.25) is 0 Å². The molecule has 6 heteroatoms. The van der Waals surface area contributed by atoms with Gasteiger partial charge in [-0.2, -0.15) is 0 Å². The summed E-state index contributed by atoms with van der Waals surface area (Å²) in [7, 11) is 0. The maximum atomic E-state index is 11.7. The zero-order valence-corrected chi connectivity index (χ0v) is 12.1. The Hall–Kier alpha value is -1.30. The Balaban J connectivity index is 2.29. The van der Waals surface area contributed by atoms with Crippen molar-refractivity contribution in [1.82, 2.24) is 0 Å². The van der Waals surface area contributed by atoms with Crippen LogP contribution < -0.4 is 4.90 Å². The van der Waals surface area contributed by atoms with Crippen molar-refractivity contribution in [1.29, 1.82) is 0 Å². The minimum atomic E-state index is -1.33. The molecule has 0 spiro atoms. The normalized spacial score (nSPS) is 16.9. The van der Waals surface area contributed by atoms with Crippen molar-refractivity contribution in [2.24, 2.45) is 0 Å². The number of halogens is 1. The summed E-state index contributed by atoms with van der Waals surface area (Å²) in [4.78, 5) is 13.8. The summed E-state index contributed by atoms with van der Waals surface area (Å²) in [6.45, 7) is 4.60. The van der Waals surface area contributed by atoms with Crippen molar-refractivity contribution in [3.63, 3.8) is 0 Å². The number of benzene rings is 1. The highest BCUT2D eigenvalue weighted by Crippen LogP contribution is 2.30. The third-order valence-corrected chi connectivity index (χ3v) is 3.38. The lowest BCUT2D eigenvalue weighted by atomic mass is 10.1. The van der Waals surface area contributed by atoms with Gasteiger partial charge in [0.05, 0.1) is 19.8 Å². The zero-order valence-electron chi connectivity index (χ0n) is 11.3. The number of esters is 1. The molecule has 0 bridgehead atoms. The first-order chi connectivity index (χ1) is 9.63. The van der Waals surface area contributed by atoms with E-state index < -0.39 is 12.1 Å². The predicted molar refractivity (Wildman–Crippen MR) is 76.1 cm³/mol. The molecular formula is C14H18ClNO4. The average Bonchev–Trinajstić information content (AvgIpc) is 2.47. The largest absolute Gasteiger partial charge is 0.464 e. The molecule has 110 valence electrons. The average molecular weight is 300 g/mol. The quantitative estimate of drug-likeness (QED) is 0.859. The lowest BCUT2D eigenvalue weighted by molar-refractivity contribution is -0.153. The topological polar surface area (TPSA) is 59.0 Å². The number of anilines is 1. The summed E-state index contributed by atoms with van der Waals surface area (Å²) in [5.74, 6) is -0.663. The Morgan fingerprint density at radius 2 is 2.20 bits per heavy atom. The van der Waals surface area contributed by atoms with E-state index in [4.69, 9.17) is 21.1 Å². The minimum Gasteiger partial charge on any atom is -0.464 e. The molecule has 20 heavy (non-hydrogen) atoms. The number of carbonyl (C=O) groups is 1. The van der Waals surface area contributed by atoms with Crippen LogP contribution in [-0.4, -0.2) is 44.0 Å². The van der Waals surface area contributed by atoms with Crippen molar-refractivity contribution in [2.75, 3.05) is 37.8 Å². The molecular weight excluding hydrogens is 282 g/mol. The number of rotatable bonds is 4. The van der Waals surface area contributed by atoms with Crippen LogP contribution in [0, 0.1) is 0 Å². The number of hydrogen-bond acceptors (Lipinski definition) is 5. The second-order valence-corrected chi connectivity index (χ2v) is 4.89. The minimum absolute atomic E-state index is 0.226. The van der Waals surface area contributed by atoms with Crippen LogP contribution in [0.4, 0.5) is 5.69 Å². The van der Waals surface area contributed by atoms with Gasteiger partial charge >= 0.3 is 5.97 Å². The summed E-state index contributed by atoms with van der Waals surface area (Å²) in [5.41, 5.74) is 1.26. The molecule has 1 aliphatic heterocycles. The third-order valence-electron chi connectivity index (χ3n) is 3.15. The van der Waals surface area contributed by atoms with E-state index in [0.717, 1.165) is 5.69 Å². The standard InChI is InChI=1S/C14H18ClNO4/c1-2-20-14(18)13(17)11-9-10(15)3-4-12(11)16-5-7-19-8-6-16/h3-4,9,13,17H,2,5-8H2,1H3. The Morgan fingerprint density at radius 3 is 2.85 bits per heavy atom. The monoisotopic (exact) mass is 299 g/mol. The molecule has 1 aromatic rings. The molecule has 0 aliphatic carbocycles. The number of carbonyl (C=O) groups excluding carboxylic acids is 1. The molecule has 0 amide bonds. The smallest absolute Gasteiger partial charge is 0.339 e. The second-order valence-electron chi connectivity index (χ2n) is 4.46. The zero-order chi connectivity index (χ0) is 14.5. The Morgan fingerprint density at radius 1 is 1.50 bits per heavy atom. The molecule has 1 heterocycles. The summed E-state index contributed by atoms with van der Waals surface area (Å²) in [6, 6.07) is 5.16. The van der Waals surface area contributed by atoms with Crippen LogP contribution in [0.1, 0.15) is 18.6 Å². The van der Waals surface area contributed by atoms with Crippen molar-refractivity contribution in [3.8, 4) is 0 Å². The van der Waals surface area contributed by atoms with E-state index in [0.29, 0.717) is 36.9 Å². The Labute approximate surface area is 123 Å². The number of aliphatic hydroxyl groups excluding tert-OH is 1. The van der Waals surface area contributed by atoms with Gasteiger partial charge in [-0.05, 0) is 25.1 Å². The highest BCUT2D eigenvalue weighted by atomic mass is 35.5. The van der Waals surface area contributed by atoms with E-state index in [-0.39, 0.29) is 6.61 Å². The first-order valence-electron chi connectivity index (χ1n) is 6.60. The Bertz CT molecular complexity index is 474. The van der Waals surface area contributed by atoms with E-state index in [1.807, 2.05) is 6.07 Å². The molecule has 0 radical (unpaired) electrons. The second kappa shape index (κ2) is 6.92. The maximum absolute atomic E-state index is 11.7. The number of nitrogens with zero attached hydrogens (tertiary/aromatic N) is 1. The summed E-state index contributed by atoms with van der Waals surface area (Å²) in [5, 5.41) is 10.6. The number of ether oxygens (including phenoxy) is 2. The Kier molecular flexibility index (Phi) is 5.23. The first-order valence-corrected chi connectivity index (χ1v) is 6.98. The van der Waals surface area contributed by atoms with E-state index in [2.05, 4.69) is 4.90 Å². The van der Waals surface area contributed by atoms with Gasteiger partial charge in [-0.25, -0.2) is 4.79 Å². The number of morpholine rings is 1. The molecule has 1 aliphatic rings. The summed E-state index contributed by atoms with van der Waals surface area (Å²) < 4.78 is 10.2. The summed E-state index contributed by atoms with van der Waals surface area (Å²) >= 11 is 5.98. The molecule has 1 saturated heterocycles. The lowest BCUT2D eigenvalue weighted by Crippen LogP contribution is -2.37. The van der Waals surface area contributed by atoms with Gasteiger partial charge in [0.15, 0.2) is 6.10 Å². The van der Waals surface area contributed by atoms with Crippen LogP contribution in [0.5, 0.6) is 0 Å². The van der Waals surface area contributed by atoms with E-state index in [1.54, 1.807) is 19.1 Å². The fourth-order valence-corrected chi connectivity index (χ4v) is 2.37. The SMILES string of the molecule is CCOC(=O)C(O)c1cc(Cl)ccc1N1CCOCC1. The fraction of sp³-hybridized carbons (Fsp3) is 0.500. The molecule has 1 unspecified atom stereocenters. The van der Waals surface area contributed by atoms with Crippen molar-refractivity contribution in [3.05, 3.63) is 28.8 Å². The van der Waals surface area contributed by atoms with Crippen LogP contribution in [0.3, 0.4) is 0 Å². The van der Waals surface area contributed by atoms with Gasteiger partial charge in [-0.1, -0.05) is 11.6 Å². The molecule has 1 atom stereocenters. The van der Waals surface area contributed by atoms with Crippen molar-refractivity contribution in [2.45, 2.75) is 13.0 Å². The van der Waals surface area contributed by atoms with E-state index in [9.17, 15) is 9.90 Å². The van der Waals surface area contributed by atoms with Crippen LogP contribution in [0.15, 0.2) is 18.2 Å². The van der Waals surface area contributed by atoms with Gasteiger partial charge in [0.1, 0.15) is 0 Å². The molecule has 0 saturated carbocycles. The lowest BCUT2D eigenvalue weighted by Gasteiger charge is -2.31. The molecule has 2 rings (SSSR count). The van der Waals surface area contributed by atoms with Gasteiger partial charge in [0.25, 0.3) is 0 Å². The molecule has 5 nitrogen and oxygen atoms in total. The van der Waals surface area contributed by atoms with E-state index >= 15 is 0 Å². The van der Waals surface area contributed by atoms with Crippen LogP contribution in [-0.2, 0) is 14.3 Å². The van der Waals surface area contributed by atoms with Crippen LogP contribution in [0.25, 0.3) is 0 Å². The molecule has 0 aromatic heterocycles. The molecule has 1 fully saturated rings. The van der Waals surface area contributed by atoms with Gasteiger partial charge in [-0.15, -0.1) is 0 Å². The number of aliphatic hydroxyl groups is 1. The first kappa shape index (κ1) is 15.1. The van der Waals surface area contributed by atoms with Crippen molar-refractivity contribution >= 4 is 23.3 Å². The third kappa shape index (κ3) is 3.42. The highest BCUT2D eigenvalue weighted by Gasteiger charge is 2.25. The van der Waals surface area contributed by atoms with Gasteiger partial charge < -0.3 is 19.5 Å². The van der Waals surface area contributed by atoms with E-state index in [1.165, 1.54) is 0 Å². The highest BCUT2D eigenvalue weighted by molar-refractivity contribution is 6.30. The van der Waals surface area contributed by atoms with Crippen LogP contribution >= 0.6 is 11.6 Å². The number of hydrogen-bond donors (Lipinski definition) is 1. The fourth-order valence-electron chi connectivity index (χ4n) is 2.18. The van der Waals surface area contributed by atoms with Crippen molar-refractivity contribution < 1.29 is 19.4 Å². The molecule has 1 N–H and O–H groups in total.